The van der Waals surface area contributed by atoms with E-state index in [1.807, 2.05) is 6.20 Å². The molecule has 0 bridgehead atoms. The van der Waals surface area contributed by atoms with Crippen LogP contribution in [-0.2, 0) is 11.5 Å². The third-order valence-electron chi connectivity index (χ3n) is 2.28. The van der Waals surface area contributed by atoms with Crippen molar-refractivity contribution in [3.8, 4) is 0 Å². The quantitative estimate of drug-likeness (QED) is 0.791. The van der Waals surface area contributed by atoms with Crippen LogP contribution in [0.5, 0.6) is 0 Å². The summed E-state index contributed by atoms with van der Waals surface area (Å²) >= 11 is 3.35. The average molecular weight is 277 g/mol. The summed E-state index contributed by atoms with van der Waals surface area (Å²) in [5.74, 6) is 0. The molecule has 5 heteroatoms. The molecule has 80 valence electrons. The lowest BCUT2D eigenvalue weighted by Gasteiger charge is -2.25. The molecule has 0 aliphatic rings. The Labute approximate surface area is 94.6 Å². The Bertz CT molecular complexity index is 295. The number of ether oxygens (including phenoxy) is 1. The number of nitrogens with zero attached hydrogens (tertiary/aromatic N) is 2. The van der Waals surface area contributed by atoms with Crippen LogP contribution in [0.25, 0.3) is 0 Å². The van der Waals surface area contributed by atoms with Crippen LogP contribution in [0, 0.1) is 0 Å². The van der Waals surface area contributed by atoms with Crippen molar-refractivity contribution in [1.29, 1.82) is 0 Å². The summed E-state index contributed by atoms with van der Waals surface area (Å²) in [7, 11) is -1.18. The van der Waals surface area contributed by atoms with E-state index in [-0.39, 0.29) is 0 Å². The van der Waals surface area contributed by atoms with E-state index < -0.39 is 8.07 Å². The summed E-state index contributed by atoms with van der Waals surface area (Å²) in [6.07, 6.45) is 3.68. The van der Waals surface area contributed by atoms with Crippen LogP contribution in [-0.4, -0.2) is 23.6 Å². The van der Waals surface area contributed by atoms with E-state index in [0.29, 0.717) is 12.5 Å². The van der Waals surface area contributed by atoms with Gasteiger partial charge in [0.2, 0.25) is 0 Å². The van der Waals surface area contributed by atoms with Gasteiger partial charge in [-0.2, -0.15) is 5.10 Å². The van der Waals surface area contributed by atoms with Crippen molar-refractivity contribution in [2.75, 3.05) is 0 Å². The molecule has 0 fully saturated rings. The second kappa shape index (κ2) is 4.59. The fourth-order valence-corrected chi connectivity index (χ4v) is 1.75. The Kier molecular flexibility index (Phi) is 3.91. The molecule has 0 aliphatic heterocycles. The van der Waals surface area contributed by atoms with Gasteiger partial charge in [-0.25, -0.2) is 4.68 Å². The van der Waals surface area contributed by atoms with Crippen molar-refractivity contribution in [3.05, 3.63) is 16.9 Å². The third-order valence-corrected chi connectivity index (χ3v) is 5.29. The standard InChI is InChI=1S/C9H17BrN2OSi/c1-8(14(2,3)4)13-7-12-6-9(10)5-11-12/h5-6,8H,7H2,1-4H3. The Balaban J connectivity index is 2.41. The topological polar surface area (TPSA) is 27.1 Å². The first-order valence-corrected chi connectivity index (χ1v) is 9.06. The molecule has 0 saturated heterocycles. The average Bonchev–Trinajstić information content (AvgIpc) is 2.45. The minimum absolute atomic E-state index is 0.352. The highest BCUT2D eigenvalue weighted by Crippen LogP contribution is 2.12. The Morgan fingerprint density at radius 1 is 1.57 bits per heavy atom. The predicted octanol–water partition coefficient (Wildman–Crippen LogP) is 2.89. The van der Waals surface area contributed by atoms with E-state index >= 15 is 0 Å². The van der Waals surface area contributed by atoms with Crippen LogP contribution in [0.4, 0.5) is 0 Å². The summed E-state index contributed by atoms with van der Waals surface area (Å²) < 4.78 is 8.53. The van der Waals surface area contributed by atoms with Crippen LogP contribution in [0.2, 0.25) is 19.6 Å². The second-order valence-corrected chi connectivity index (χ2v) is 11.0. The summed E-state index contributed by atoms with van der Waals surface area (Å²) in [4.78, 5) is 0. The van der Waals surface area contributed by atoms with E-state index in [9.17, 15) is 0 Å². The molecule has 0 radical (unpaired) electrons. The minimum Gasteiger partial charge on any atom is -0.360 e. The maximum Gasteiger partial charge on any atom is 0.139 e. The molecule has 0 aliphatic carbocycles. The number of halogens is 1. The van der Waals surface area contributed by atoms with Gasteiger partial charge in [0.05, 0.1) is 18.7 Å². The zero-order valence-corrected chi connectivity index (χ0v) is 11.7. The van der Waals surface area contributed by atoms with E-state index in [0.717, 1.165) is 4.47 Å². The van der Waals surface area contributed by atoms with Gasteiger partial charge in [0.1, 0.15) is 6.73 Å². The van der Waals surface area contributed by atoms with Gasteiger partial charge in [-0.05, 0) is 22.9 Å². The normalized spacial score (nSPS) is 14.4. The highest BCUT2D eigenvalue weighted by molar-refractivity contribution is 9.10. The maximum absolute atomic E-state index is 5.75. The summed E-state index contributed by atoms with van der Waals surface area (Å²) in [5.41, 5.74) is 0.352. The first-order chi connectivity index (χ1) is 6.39. The first kappa shape index (κ1) is 11.9. The molecule has 1 rings (SSSR count). The number of aromatic nitrogens is 2. The highest BCUT2D eigenvalue weighted by Gasteiger charge is 2.22. The molecule has 3 nitrogen and oxygen atoms in total. The summed E-state index contributed by atoms with van der Waals surface area (Å²) in [6, 6.07) is 0. The SMILES string of the molecule is CC(OCn1cc(Br)cn1)[Si](C)(C)C. The molecule has 14 heavy (non-hydrogen) atoms. The number of hydrogen-bond donors (Lipinski definition) is 0. The smallest absolute Gasteiger partial charge is 0.139 e. The van der Waals surface area contributed by atoms with Gasteiger partial charge in [0.25, 0.3) is 0 Å². The van der Waals surface area contributed by atoms with Crippen LogP contribution in [0.3, 0.4) is 0 Å². The Morgan fingerprint density at radius 3 is 2.64 bits per heavy atom. The molecule has 1 aromatic rings. The Hall–Kier alpha value is -0.133. The van der Waals surface area contributed by atoms with E-state index in [2.05, 4.69) is 47.6 Å². The van der Waals surface area contributed by atoms with Gasteiger partial charge >= 0.3 is 0 Å². The van der Waals surface area contributed by atoms with Crippen molar-refractivity contribution >= 4 is 24.0 Å². The van der Waals surface area contributed by atoms with Gasteiger partial charge in [-0.15, -0.1) is 0 Å². The molecule has 1 heterocycles. The van der Waals surface area contributed by atoms with Crippen LogP contribution >= 0.6 is 15.9 Å². The molecular formula is C9H17BrN2OSi. The molecular weight excluding hydrogens is 260 g/mol. The lowest BCUT2D eigenvalue weighted by molar-refractivity contribution is 0.0490. The van der Waals surface area contributed by atoms with Gasteiger partial charge in [0.15, 0.2) is 0 Å². The van der Waals surface area contributed by atoms with Crippen LogP contribution < -0.4 is 0 Å². The molecule has 0 N–H and O–H groups in total. The van der Waals surface area contributed by atoms with Gasteiger partial charge < -0.3 is 4.74 Å². The molecule has 0 saturated carbocycles. The fourth-order valence-electron chi connectivity index (χ4n) is 0.847. The van der Waals surface area contributed by atoms with Crippen molar-refractivity contribution in [3.63, 3.8) is 0 Å². The molecule has 1 aromatic heterocycles. The van der Waals surface area contributed by atoms with Crippen molar-refractivity contribution in [2.24, 2.45) is 0 Å². The van der Waals surface area contributed by atoms with Crippen molar-refractivity contribution < 1.29 is 4.74 Å². The number of rotatable bonds is 4. The molecule has 0 amide bonds. The third kappa shape index (κ3) is 3.55. The highest BCUT2D eigenvalue weighted by atomic mass is 79.9. The van der Waals surface area contributed by atoms with Gasteiger partial charge in [-0.1, -0.05) is 19.6 Å². The van der Waals surface area contributed by atoms with Gasteiger partial charge in [0, 0.05) is 11.9 Å². The maximum atomic E-state index is 5.75. The van der Waals surface area contributed by atoms with Crippen molar-refractivity contribution in [1.82, 2.24) is 9.78 Å². The molecule has 1 unspecified atom stereocenters. The molecule has 0 spiro atoms. The van der Waals surface area contributed by atoms with E-state index in [1.54, 1.807) is 10.9 Å². The minimum atomic E-state index is -1.18. The summed E-state index contributed by atoms with van der Waals surface area (Å²) in [5, 5.41) is 4.13. The first-order valence-electron chi connectivity index (χ1n) is 4.69. The second-order valence-electron chi connectivity index (χ2n) is 4.50. The zero-order chi connectivity index (χ0) is 10.8. The lowest BCUT2D eigenvalue weighted by Crippen LogP contribution is -2.38. The number of hydrogen-bond acceptors (Lipinski definition) is 2. The van der Waals surface area contributed by atoms with Crippen molar-refractivity contribution in [2.45, 2.75) is 39.0 Å². The van der Waals surface area contributed by atoms with E-state index in [4.69, 9.17) is 4.74 Å². The Morgan fingerprint density at radius 2 is 2.21 bits per heavy atom. The molecule has 1 atom stereocenters. The lowest BCUT2D eigenvalue weighted by atomic mass is 10.7. The monoisotopic (exact) mass is 276 g/mol. The zero-order valence-electron chi connectivity index (χ0n) is 9.12. The summed E-state index contributed by atoms with van der Waals surface area (Å²) in [6.45, 7) is 9.59. The fraction of sp³-hybridized carbons (Fsp3) is 0.667. The molecule has 0 aromatic carbocycles. The van der Waals surface area contributed by atoms with Crippen LogP contribution in [0.15, 0.2) is 16.9 Å². The van der Waals surface area contributed by atoms with Gasteiger partial charge in [-0.3, -0.25) is 0 Å². The van der Waals surface area contributed by atoms with E-state index in [1.165, 1.54) is 0 Å². The van der Waals surface area contributed by atoms with Crippen LogP contribution in [0.1, 0.15) is 6.92 Å². The largest absolute Gasteiger partial charge is 0.360 e. The predicted molar refractivity (Wildman–Crippen MR) is 63.8 cm³/mol.